The fourth-order valence-corrected chi connectivity index (χ4v) is 3.40. The lowest BCUT2D eigenvalue weighted by Crippen LogP contribution is -2.43. The summed E-state index contributed by atoms with van der Waals surface area (Å²) < 4.78 is 0. The molecule has 0 N–H and O–H groups in total. The van der Waals surface area contributed by atoms with E-state index in [9.17, 15) is 9.59 Å². The maximum Gasteiger partial charge on any atom is 0.228 e. The second-order valence-corrected chi connectivity index (χ2v) is 11.5. The number of rotatable bonds is 6. The predicted octanol–water partition coefficient (Wildman–Crippen LogP) is 6.94. The third-order valence-corrected chi connectivity index (χ3v) is 5.44. The maximum absolute atomic E-state index is 12.3. The van der Waals surface area contributed by atoms with E-state index in [1.165, 1.54) is 11.1 Å². The van der Waals surface area contributed by atoms with Crippen LogP contribution < -0.4 is 0 Å². The molecule has 0 unspecified atom stereocenters. The molecule has 0 bridgehead atoms. The Morgan fingerprint density at radius 2 is 0.853 bits per heavy atom. The Morgan fingerprint density at radius 3 is 1.06 bits per heavy atom. The lowest BCUT2D eigenvalue weighted by atomic mass is 9.93. The summed E-state index contributed by atoms with van der Waals surface area (Å²) in [5.74, 6) is 0.410. The van der Waals surface area contributed by atoms with Crippen molar-refractivity contribution in [1.29, 1.82) is 0 Å². The molecule has 0 aliphatic carbocycles. The number of nitrogens with zero attached hydrogens (tertiary/aromatic N) is 2. The SMILES string of the molecule is CC(C)N(Cc1ccccc1)C(=O)C(C)(C)C.CC(C)N(Cc1ccccc1)C(=O)C(C)(C)C. The van der Waals surface area contributed by atoms with E-state index in [0.717, 1.165) is 0 Å². The van der Waals surface area contributed by atoms with Gasteiger partial charge in [-0.1, -0.05) is 102 Å². The number of hydrogen-bond donors (Lipinski definition) is 0. The van der Waals surface area contributed by atoms with Crippen molar-refractivity contribution >= 4 is 11.8 Å². The van der Waals surface area contributed by atoms with Crippen LogP contribution in [0.3, 0.4) is 0 Å². The minimum atomic E-state index is -0.320. The van der Waals surface area contributed by atoms with Crippen LogP contribution in [0, 0.1) is 10.8 Å². The molecule has 2 amide bonds. The maximum atomic E-state index is 12.3. The Balaban J connectivity index is 0.000000340. The predicted molar refractivity (Wildman–Crippen MR) is 143 cm³/mol. The van der Waals surface area contributed by atoms with E-state index >= 15 is 0 Å². The van der Waals surface area contributed by atoms with Crippen molar-refractivity contribution in [1.82, 2.24) is 9.80 Å². The first-order valence-electron chi connectivity index (χ1n) is 12.3. The molecule has 0 saturated heterocycles. The van der Waals surface area contributed by atoms with Crippen molar-refractivity contribution in [3.8, 4) is 0 Å². The number of carbonyl (C=O) groups is 2. The minimum absolute atomic E-state index is 0.205. The first-order valence-corrected chi connectivity index (χ1v) is 12.3. The molecule has 2 aromatic rings. The van der Waals surface area contributed by atoms with Gasteiger partial charge in [-0.25, -0.2) is 0 Å². The van der Waals surface area contributed by atoms with Gasteiger partial charge in [-0.15, -0.1) is 0 Å². The highest BCUT2D eigenvalue weighted by atomic mass is 16.2. The molecule has 0 aliphatic heterocycles. The van der Waals surface area contributed by atoms with Crippen LogP contribution in [0.15, 0.2) is 60.7 Å². The summed E-state index contributed by atoms with van der Waals surface area (Å²) in [5, 5.41) is 0. The van der Waals surface area contributed by atoms with Gasteiger partial charge in [0, 0.05) is 36.0 Å². The molecule has 188 valence electrons. The van der Waals surface area contributed by atoms with E-state index in [1.54, 1.807) is 0 Å². The van der Waals surface area contributed by atoms with Crippen molar-refractivity contribution in [2.24, 2.45) is 10.8 Å². The van der Waals surface area contributed by atoms with E-state index in [1.807, 2.05) is 87.7 Å². The van der Waals surface area contributed by atoms with Gasteiger partial charge in [0.2, 0.25) is 11.8 Å². The average Bonchev–Trinajstić information content (AvgIpc) is 2.75. The molecule has 0 aliphatic rings. The fraction of sp³-hybridized carbons (Fsp3) is 0.533. The first kappa shape index (κ1) is 29.4. The van der Waals surface area contributed by atoms with Gasteiger partial charge in [0.15, 0.2) is 0 Å². The van der Waals surface area contributed by atoms with Crippen molar-refractivity contribution in [3.63, 3.8) is 0 Å². The van der Waals surface area contributed by atoms with E-state index < -0.39 is 0 Å². The lowest BCUT2D eigenvalue weighted by molar-refractivity contribution is -0.142. The average molecular weight is 467 g/mol. The summed E-state index contributed by atoms with van der Waals surface area (Å²) in [7, 11) is 0. The highest BCUT2D eigenvalue weighted by Gasteiger charge is 2.29. The van der Waals surface area contributed by atoms with Gasteiger partial charge in [0.05, 0.1) is 0 Å². The Morgan fingerprint density at radius 1 is 0.588 bits per heavy atom. The zero-order valence-electron chi connectivity index (χ0n) is 23.1. The van der Waals surface area contributed by atoms with E-state index in [-0.39, 0.29) is 34.7 Å². The molecule has 0 radical (unpaired) electrons. The van der Waals surface area contributed by atoms with Gasteiger partial charge >= 0.3 is 0 Å². The van der Waals surface area contributed by atoms with Crippen LogP contribution in [0.5, 0.6) is 0 Å². The van der Waals surface area contributed by atoms with E-state index in [0.29, 0.717) is 13.1 Å². The second kappa shape index (κ2) is 12.7. The third kappa shape index (κ3) is 9.70. The van der Waals surface area contributed by atoms with Crippen molar-refractivity contribution in [2.45, 2.75) is 94.4 Å². The Bertz CT molecular complexity index is 800. The molecule has 2 aromatic carbocycles. The van der Waals surface area contributed by atoms with Gasteiger partial charge in [-0.05, 0) is 38.8 Å². The van der Waals surface area contributed by atoms with Crippen molar-refractivity contribution in [2.75, 3.05) is 0 Å². The van der Waals surface area contributed by atoms with E-state index in [2.05, 4.69) is 52.0 Å². The number of benzene rings is 2. The van der Waals surface area contributed by atoms with Gasteiger partial charge in [-0.3, -0.25) is 9.59 Å². The summed E-state index contributed by atoms with van der Waals surface area (Å²) in [6.45, 7) is 21.4. The van der Waals surface area contributed by atoms with Crippen LogP contribution in [-0.2, 0) is 22.7 Å². The van der Waals surface area contributed by atoms with Crippen LogP contribution in [0.2, 0.25) is 0 Å². The molecule has 0 aromatic heterocycles. The molecule has 34 heavy (non-hydrogen) atoms. The standard InChI is InChI=1S/2C15H23NO/c2*1-12(2)16(14(17)15(3,4)5)11-13-9-7-6-8-10-13/h2*6-10,12H,11H2,1-5H3. The molecule has 0 spiro atoms. The molecule has 4 nitrogen and oxygen atoms in total. The Labute approximate surface area is 208 Å². The monoisotopic (exact) mass is 466 g/mol. The Hall–Kier alpha value is -2.62. The molecular formula is C30H46N2O2. The zero-order valence-corrected chi connectivity index (χ0v) is 23.1. The molecule has 0 saturated carbocycles. The topological polar surface area (TPSA) is 40.6 Å². The number of amides is 2. The van der Waals surface area contributed by atoms with Crippen LogP contribution in [0.25, 0.3) is 0 Å². The molecular weight excluding hydrogens is 420 g/mol. The van der Waals surface area contributed by atoms with Crippen LogP contribution in [0.4, 0.5) is 0 Å². The molecule has 0 atom stereocenters. The molecule has 0 heterocycles. The summed E-state index contributed by atoms with van der Waals surface area (Å²) in [6.07, 6.45) is 0. The largest absolute Gasteiger partial charge is 0.335 e. The fourth-order valence-electron chi connectivity index (χ4n) is 3.40. The second-order valence-electron chi connectivity index (χ2n) is 11.5. The van der Waals surface area contributed by atoms with Gasteiger partial charge in [-0.2, -0.15) is 0 Å². The lowest BCUT2D eigenvalue weighted by Gasteiger charge is -2.32. The highest BCUT2D eigenvalue weighted by Crippen LogP contribution is 2.22. The highest BCUT2D eigenvalue weighted by molar-refractivity contribution is 5.82. The first-order chi connectivity index (χ1) is 15.6. The Kier molecular flexibility index (Phi) is 11.0. The van der Waals surface area contributed by atoms with Crippen LogP contribution >= 0.6 is 0 Å². The van der Waals surface area contributed by atoms with Crippen LogP contribution in [0.1, 0.15) is 80.4 Å². The zero-order chi connectivity index (χ0) is 26.1. The summed E-state index contributed by atoms with van der Waals surface area (Å²) in [4.78, 5) is 28.6. The summed E-state index contributed by atoms with van der Waals surface area (Å²) in [6, 6.07) is 20.7. The smallest absolute Gasteiger partial charge is 0.228 e. The van der Waals surface area contributed by atoms with E-state index in [4.69, 9.17) is 0 Å². The van der Waals surface area contributed by atoms with Crippen molar-refractivity contribution in [3.05, 3.63) is 71.8 Å². The molecule has 0 fully saturated rings. The minimum Gasteiger partial charge on any atom is -0.335 e. The molecule has 2 rings (SSSR count). The number of carbonyl (C=O) groups excluding carboxylic acids is 2. The third-order valence-electron chi connectivity index (χ3n) is 5.44. The number of hydrogen-bond acceptors (Lipinski definition) is 2. The summed E-state index contributed by atoms with van der Waals surface area (Å²) >= 11 is 0. The van der Waals surface area contributed by atoms with Gasteiger partial charge in [0.1, 0.15) is 0 Å². The van der Waals surface area contributed by atoms with Crippen molar-refractivity contribution < 1.29 is 9.59 Å². The van der Waals surface area contributed by atoms with Crippen LogP contribution in [-0.4, -0.2) is 33.7 Å². The van der Waals surface area contributed by atoms with Gasteiger partial charge in [0.25, 0.3) is 0 Å². The summed E-state index contributed by atoms with van der Waals surface area (Å²) in [5.41, 5.74) is 1.72. The van der Waals surface area contributed by atoms with Gasteiger partial charge < -0.3 is 9.80 Å². The normalized spacial score (nSPS) is 11.6. The quantitative estimate of drug-likeness (QED) is 0.463. The molecule has 4 heteroatoms.